The van der Waals surface area contributed by atoms with Crippen molar-refractivity contribution in [3.63, 3.8) is 0 Å². The molecule has 1 amide bonds. The number of anilines is 1. The number of aliphatic carboxylic acids is 1. The molecule has 1 atom stereocenters. The molecule has 8 nitrogen and oxygen atoms in total. The van der Waals surface area contributed by atoms with Crippen molar-refractivity contribution >= 4 is 17.7 Å². The molecule has 0 aliphatic heterocycles. The number of alkyl halides is 3. The summed E-state index contributed by atoms with van der Waals surface area (Å²) in [5, 5.41) is 14.9. The number of rotatable bonds is 10. The van der Waals surface area contributed by atoms with Gasteiger partial charge >= 0.3 is 12.3 Å². The van der Waals surface area contributed by atoms with Crippen LogP contribution in [-0.4, -0.2) is 41.5 Å². The third-order valence-corrected chi connectivity index (χ3v) is 5.37. The van der Waals surface area contributed by atoms with Crippen molar-refractivity contribution in [3.8, 4) is 22.6 Å². The molecule has 0 saturated carbocycles. The van der Waals surface area contributed by atoms with Crippen LogP contribution in [0.1, 0.15) is 29.8 Å². The Bertz CT molecular complexity index is 1250. The van der Waals surface area contributed by atoms with Crippen molar-refractivity contribution in [1.82, 2.24) is 10.3 Å². The molecule has 0 aliphatic carbocycles. The van der Waals surface area contributed by atoms with Gasteiger partial charge in [-0.2, -0.15) is 0 Å². The maximum absolute atomic E-state index is 12.9. The minimum absolute atomic E-state index is 0.176. The molecule has 1 unspecified atom stereocenters. The van der Waals surface area contributed by atoms with Gasteiger partial charge in [-0.25, -0.2) is 9.78 Å². The Balaban J connectivity index is 1.73. The van der Waals surface area contributed by atoms with E-state index in [0.717, 1.165) is 0 Å². The highest BCUT2D eigenvalue weighted by molar-refractivity contribution is 6.00. The van der Waals surface area contributed by atoms with Gasteiger partial charge in [-0.15, -0.1) is 13.2 Å². The predicted octanol–water partition coefficient (Wildman–Crippen LogP) is 5.11. The lowest BCUT2D eigenvalue weighted by molar-refractivity contribution is -0.274. The lowest BCUT2D eigenvalue weighted by Gasteiger charge is -2.19. The largest absolute Gasteiger partial charge is 0.573 e. The number of nitrogens with zero attached hydrogens (tertiary/aromatic N) is 1. The van der Waals surface area contributed by atoms with Crippen LogP contribution in [0.25, 0.3) is 11.1 Å². The van der Waals surface area contributed by atoms with Gasteiger partial charge in [-0.3, -0.25) is 4.79 Å². The maximum Gasteiger partial charge on any atom is 0.573 e. The molecule has 37 heavy (non-hydrogen) atoms. The highest BCUT2D eigenvalue weighted by atomic mass is 19.4. The molecular weight excluding hydrogens is 491 g/mol. The smallest absolute Gasteiger partial charge is 0.496 e. The molecule has 196 valence electrons. The number of carbonyl (C=O) groups excluding carboxylic acids is 1. The van der Waals surface area contributed by atoms with E-state index < -0.39 is 24.3 Å². The second-order valence-corrected chi connectivity index (χ2v) is 8.43. The number of aromatic nitrogens is 1. The van der Waals surface area contributed by atoms with E-state index in [2.05, 4.69) is 20.4 Å². The summed E-state index contributed by atoms with van der Waals surface area (Å²) >= 11 is 0. The van der Waals surface area contributed by atoms with E-state index in [1.54, 1.807) is 56.4 Å². The fourth-order valence-electron chi connectivity index (χ4n) is 3.51. The second-order valence-electron chi connectivity index (χ2n) is 8.43. The predicted molar refractivity (Wildman–Crippen MR) is 130 cm³/mol. The molecule has 0 aliphatic rings. The number of hydrogen-bond acceptors (Lipinski definition) is 6. The number of ether oxygens (including phenoxy) is 2. The number of carbonyl (C=O) groups is 2. The lowest BCUT2D eigenvalue weighted by Crippen LogP contribution is -2.44. The van der Waals surface area contributed by atoms with Gasteiger partial charge in [0.05, 0.1) is 12.7 Å². The number of carboxylic acid groups (broad SMARTS) is 1. The third-order valence-electron chi connectivity index (χ3n) is 5.37. The lowest BCUT2D eigenvalue weighted by atomic mass is 10.0. The summed E-state index contributed by atoms with van der Waals surface area (Å²) in [6.45, 7) is 3.61. The van der Waals surface area contributed by atoms with Gasteiger partial charge in [0.25, 0.3) is 5.91 Å². The number of nitrogens with one attached hydrogen (secondary N) is 2. The van der Waals surface area contributed by atoms with E-state index >= 15 is 0 Å². The maximum atomic E-state index is 12.9. The zero-order valence-corrected chi connectivity index (χ0v) is 20.3. The molecule has 0 bridgehead atoms. The highest BCUT2D eigenvalue weighted by Gasteiger charge is 2.31. The zero-order chi connectivity index (χ0) is 27.2. The molecule has 0 spiro atoms. The molecule has 3 N–H and O–H groups in total. The molecule has 3 rings (SSSR count). The number of hydrogen-bond donors (Lipinski definition) is 3. The highest BCUT2D eigenvalue weighted by Crippen LogP contribution is 2.28. The van der Waals surface area contributed by atoms with Gasteiger partial charge < -0.3 is 25.2 Å². The summed E-state index contributed by atoms with van der Waals surface area (Å²) in [5.41, 5.74) is 2.08. The van der Waals surface area contributed by atoms with Gasteiger partial charge in [0, 0.05) is 18.3 Å². The Kier molecular flexibility index (Phi) is 8.59. The Morgan fingerprint density at radius 2 is 1.78 bits per heavy atom. The first-order valence-corrected chi connectivity index (χ1v) is 11.2. The summed E-state index contributed by atoms with van der Waals surface area (Å²) in [5.74, 6) is -1.57. The number of halogens is 3. The Labute approximate surface area is 211 Å². The van der Waals surface area contributed by atoms with Gasteiger partial charge in [0.15, 0.2) is 0 Å². The molecule has 11 heteroatoms. The van der Waals surface area contributed by atoms with Crippen LogP contribution in [-0.2, 0) is 11.3 Å². The number of pyridine rings is 1. The standard InChI is InChI=1S/C26H26F3N3O5/c1-15(2)23(25(34)35)32-24(33)20-12-17(7-9-21(20)36-3)18-8-10-22(31-14-18)30-13-16-5-4-6-19(11-16)37-26(27,28)29/h4-12,14-15,23H,13H2,1-3H3,(H,30,31)(H,32,33)(H,34,35). The van der Waals surface area contributed by atoms with Crippen LogP contribution in [0, 0.1) is 5.92 Å². The van der Waals surface area contributed by atoms with Gasteiger partial charge in [-0.05, 0) is 53.4 Å². The van der Waals surface area contributed by atoms with Crippen LogP contribution in [0.3, 0.4) is 0 Å². The average molecular weight is 518 g/mol. The first-order valence-electron chi connectivity index (χ1n) is 11.2. The molecule has 3 aromatic rings. The summed E-state index contributed by atoms with van der Waals surface area (Å²) in [7, 11) is 1.41. The quantitative estimate of drug-likeness (QED) is 0.343. The van der Waals surface area contributed by atoms with Crippen LogP contribution in [0.15, 0.2) is 60.8 Å². The van der Waals surface area contributed by atoms with E-state index in [1.807, 2.05) is 0 Å². The average Bonchev–Trinajstić information content (AvgIpc) is 2.84. The van der Waals surface area contributed by atoms with Crippen LogP contribution in [0.2, 0.25) is 0 Å². The van der Waals surface area contributed by atoms with Crippen LogP contribution in [0.4, 0.5) is 19.0 Å². The summed E-state index contributed by atoms with van der Waals surface area (Å²) in [4.78, 5) is 28.7. The fourth-order valence-corrected chi connectivity index (χ4v) is 3.51. The summed E-state index contributed by atoms with van der Waals surface area (Å²) < 4.78 is 46.5. The first kappa shape index (κ1) is 27.3. The van der Waals surface area contributed by atoms with Crippen molar-refractivity contribution in [2.45, 2.75) is 32.8 Å². The minimum Gasteiger partial charge on any atom is -0.496 e. The Morgan fingerprint density at radius 1 is 1.05 bits per heavy atom. The Morgan fingerprint density at radius 3 is 2.38 bits per heavy atom. The summed E-state index contributed by atoms with van der Waals surface area (Å²) in [6, 6.07) is 12.9. The number of carboxylic acids is 1. The van der Waals surface area contributed by atoms with Crippen LogP contribution in [0.5, 0.6) is 11.5 Å². The minimum atomic E-state index is -4.77. The monoisotopic (exact) mass is 517 g/mol. The van der Waals surface area contributed by atoms with Crippen LogP contribution < -0.4 is 20.1 Å². The third kappa shape index (κ3) is 7.60. The first-order chi connectivity index (χ1) is 17.5. The Hall–Kier alpha value is -4.28. The normalized spacial score (nSPS) is 12.1. The van der Waals surface area contributed by atoms with Crippen molar-refractivity contribution < 1.29 is 37.3 Å². The van der Waals surface area contributed by atoms with Crippen molar-refractivity contribution in [1.29, 1.82) is 0 Å². The molecule has 0 fully saturated rings. The van der Waals surface area contributed by atoms with E-state index in [0.29, 0.717) is 22.5 Å². The van der Waals surface area contributed by atoms with Crippen LogP contribution >= 0.6 is 0 Å². The van der Waals surface area contributed by atoms with Gasteiger partial charge in [-0.1, -0.05) is 32.0 Å². The zero-order valence-electron chi connectivity index (χ0n) is 20.3. The molecule has 1 aromatic heterocycles. The fraction of sp³-hybridized carbons (Fsp3) is 0.269. The number of methoxy groups -OCH3 is 1. The van der Waals surface area contributed by atoms with Crippen molar-refractivity contribution in [2.75, 3.05) is 12.4 Å². The number of benzene rings is 2. The molecule has 0 saturated heterocycles. The topological polar surface area (TPSA) is 110 Å². The second kappa shape index (κ2) is 11.6. The molecule has 2 aromatic carbocycles. The number of amides is 1. The van der Waals surface area contributed by atoms with Gasteiger partial charge in [0.1, 0.15) is 23.4 Å². The van der Waals surface area contributed by atoms with E-state index in [4.69, 9.17) is 4.74 Å². The molecule has 0 radical (unpaired) electrons. The van der Waals surface area contributed by atoms with Crippen molar-refractivity contribution in [2.24, 2.45) is 5.92 Å². The summed E-state index contributed by atoms with van der Waals surface area (Å²) in [6.07, 6.45) is -3.19. The molecular formula is C26H26F3N3O5. The van der Waals surface area contributed by atoms with E-state index in [-0.39, 0.29) is 29.5 Å². The SMILES string of the molecule is COc1ccc(-c2ccc(NCc3cccc(OC(F)(F)F)c3)nc2)cc1C(=O)NC(C(=O)O)C(C)C. The van der Waals surface area contributed by atoms with E-state index in [1.165, 1.54) is 25.3 Å². The van der Waals surface area contributed by atoms with Crippen molar-refractivity contribution in [3.05, 3.63) is 71.9 Å². The molecule has 1 heterocycles. The van der Waals surface area contributed by atoms with Gasteiger partial charge in [0.2, 0.25) is 0 Å². The van der Waals surface area contributed by atoms with E-state index in [9.17, 15) is 27.9 Å².